The summed E-state index contributed by atoms with van der Waals surface area (Å²) in [5, 5.41) is 6.60. The Bertz CT molecular complexity index is 789. The monoisotopic (exact) mass is 357 g/mol. The van der Waals surface area contributed by atoms with Gasteiger partial charge in [0.05, 0.1) is 18.9 Å². The molecular weight excluding hydrogens is 338 g/mol. The Morgan fingerprint density at radius 3 is 2.48 bits per heavy atom. The molecule has 130 valence electrons. The second-order valence-corrected chi connectivity index (χ2v) is 5.95. The number of benzene rings is 2. The van der Waals surface area contributed by atoms with Gasteiger partial charge in [0.2, 0.25) is 5.91 Å². The molecule has 0 atom stereocenters. The summed E-state index contributed by atoms with van der Waals surface area (Å²) in [6.07, 6.45) is 3.58. The van der Waals surface area contributed by atoms with E-state index < -0.39 is 5.91 Å². The minimum atomic E-state index is -0.400. The molecule has 0 bridgehead atoms. The van der Waals surface area contributed by atoms with Gasteiger partial charge in [-0.15, -0.1) is 11.8 Å². The second-order valence-electron chi connectivity index (χ2n) is 5.07. The topological polar surface area (TPSA) is 79.8 Å². The first-order chi connectivity index (χ1) is 12.0. The number of hydrogen-bond acceptors (Lipinski definition) is 5. The predicted molar refractivity (Wildman–Crippen MR) is 101 cm³/mol. The smallest absolute Gasteiger partial charge is 0.275 e. The van der Waals surface area contributed by atoms with Crippen LogP contribution in [0.3, 0.4) is 0 Å². The number of thioether (sulfide) groups is 1. The van der Waals surface area contributed by atoms with Crippen molar-refractivity contribution >= 4 is 35.5 Å². The molecule has 0 unspecified atom stereocenters. The van der Waals surface area contributed by atoms with Crippen LogP contribution in [-0.4, -0.2) is 31.4 Å². The number of methoxy groups -OCH3 is 1. The number of nitrogens with zero attached hydrogens (tertiary/aromatic N) is 1. The largest absolute Gasteiger partial charge is 0.496 e. The molecule has 7 heteroatoms. The van der Waals surface area contributed by atoms with E-state index >= 15 is 0 Å². The highest BCUT2D eigenvalue weighted by molar-refractivity contribution is 7.98. The van der Waals surface area contributed by atoms with Gasteiger partial charge in [0, 0.05) is 23.6 Å². The van der Waals surface area contributed by atoms with Crippen LogP contribution in [0, 0.1) is 0 Å². The molecule has 0 spiro atoms. The van der Waals surface area contributed by atoms with Crippen LogP contribution in [0.15, 0.2) is 52.5 Å². The molecular formula is C18H19N3O3S. The molecule has 0 aliphatic heterocycles. The zero-order valence-electron chi connectivity index (χ0n) is 14.2. The van der Waals surface area contributed by atoms with Crippen LogP contribution in [0.5, 0.6) is 5.75 Å². The summed E-state index contributed by atoms with van der Waals surface area (Å²) >= 11 is 1.66. The van der Waals surface area contributed by atoms with Gasteiger partial charge >= 0.3 is 0 Å². The van der Waals surface area contributed by atoms with Crippen molar-refractivity contribution in [1.29, 1.82) is 0 Å². The van der Waals surface area contributed by atoms with Crippen molar-refractivity contribution in [3.05, 3.63) is 53.6 Å². The van der Waals surface area contributed by atoms with E-state index in [4.69, 9.17) is 4.74 Å². The molecule has 2 aromatic carbocycles. The van der Waals surface area contributed by atoms with E-state index in [2.05, 4.69) is 15.8 Å². The van der Waals surface area contributed by atoms with Gasteiger partial charge in [-0.25, -0.2) is 5.43 Å². The lowest BCUT2D eigenvalue weighted by molar-refractivity contribution is -0.114. The first kappa shape index (κ1) is 18.5. The van der Waals surface area contributed by atoms with Crippen LogP contribution in [0.4, 0.5) is 5.69 Å². The molecule has 0 saturated heterocycles. The van der Waals surface area contributed by atoms with Gasteiger partial charge in [-0.2, -0.15) is 5.10 Å². The summed E-state index contributed by atoms with van der Waals surface area (Å²) < 4.78 is 5.21. The lowest BCUT2D eigenvalue weighted by atomic mass is 10.1. The molecule has 2 aromatic rings. The fraction of sp³-hybridized carbons (Fsp3) is 0.167. The Hall–Kier alpha value is -2.80. The van der Waals surface area contributed by atoms with Gasteiger partial charge in [-0.3, -0.25) is 9.59 Å². The van der Waals surface area contributed by atoms with E-state index in [1.165, 1.54) is 14.0 Å². The number of ether oxygens (including phenoxy) is 1. The number of anilines is 1. The quantitative estimate of drug-likeness (QED) is 0.473. The first-order valence-electron chi connectivity index (χ1n) is 7.46. The number of carbonyl (C=O) groups excluding carboxylic acids is 2. The number of nitrogens with one attached hydrogen (secondary N) is 2. The minimum absolute atomic E-state index is 0.198. The van der Waals surface area contributed by atoms with Crippen molar-refractivity contribution in [3.8, 4) is 5.75 Å². The Morgan fingerprint density at radius 1 is 1.16 bits per heavy atom. The summed E-state index contributed by atoms with van der Waals surface area (Å²) in [7, 11) is 1.46. The zero-order valence-corrected chi connectivity index (χ0v) is 15.0. The van der Waals surface area contributed by atoms with Crippen LogP contribution < -0.4 is 15.5 Å². The molecule has 6 nitrogen and oxygen atoms in total. The van der Waals surface area contributed by atoms with E-state index in [1.54, 1.807) is 36.2 Å². The van der Waals surface area contributed by atoms with Crippen molar-refractivity contribution in [1.82, 2.24) is 5.43 Å². The molecule has 0 aliphatic rings. The van der Waals surface area contributed by atoms with E-state index in [0.717, 1.165) is 10.5 Å². The third-order valence-corrected chi connectivity index (χ3v) is 4.01. The number of carbonyl (C=O) groups is 2. The molecule has 2 N–H and O–H groups in total. The maximum absolute atomic E-state index is 12.3. The Morgan fingerprint density at radius 2 is 1.88 bits per heavy atom. The third-order valence-electron chi connectivity index (χ3n) is 3.26. The SMILES string of the molecule is COc1cc(NC(C)=O)ccc1C(=O)N/N=C\c1ccc(SC)cc1. The maximum atomic E-state index is 12.3. The first-order valence-corrected chi connectivity index (χ1v) is 8.69. The fourth-order valence-electron chi connectivity index (χ4n) is 2.08. The Balaban J connectivity index is 2.06. The second kappa shape index (κ2) is 8.89. The van der Waals surface area contributed by atoms with E-state index in [9.17, 15) is 9.59 Å². The van der Waals surface area contributed by atoms with Crippen molar-refractivity contribution in [2.45, 2.75) is 11.8 Å². The van der Waals surface area contributed by atoms with Crippen molar-refractivity contribution in [3.63, 3.8) is 0 Å². The van der Waals surface area contributed by atoms with Crippen LogP contribution in [0.1, 0.15) is 22.8 Å². The van der Waals surface area contributed by atoms with E-state index in [1.807, 2.05) is 30.5 Å². The summed E-state index contributed by atoms with van der Waals surface area (Å²) in [6.45, 7) is 1.41. The number of hydrogen-bond donors (Lipinski definition) is 2. The average Bonchev–Trinajstić information content (AvgIpc) is 2.61. The Labute approximate surface area is 150 Å². The van der Waals surface area contributed by atoms with Gasteiger partial charge in [0.1, 0.15) is 5.75 Å². The highest BCUT2D eigenvalue weighted by Gasteiger charge is 2.12. The van der Waals surface area contributed by atoms with E-state index in [0.29, 0.717) is 17.0 Å². The molecule has 0 fully saturated rings. The number of amides is 2. The van der Waals surface area contributed by atoms with Crippen molar-refractivity contribution in [2.24, 2.45) is 5.10 Å². The molecule has 0 aliphatic carbocycles. The number of rotatable bonds is 6. The normalized spacial score (nSPS) is 10.5. The van der Waals surface area contributed by atoms with Gasteiger partial charge < -0.3 is 10.1 Å². The summed E-state index contributed by atoms with van der Waals surface area (Å²) in [5.41, 5.74) is 4.23. The fourth-order valence-corrected chi connectivity index (χ4v) is 2.48. The highest BCUT2D eigenvalue weighted by atomic mass is 32.2. The van der Waals surface area contributed by atoms with Crippen molar-refractivity contribution < 1.29 is 14.3 Å². The van der Waals surface area contributed by atoms with Gasteiger partial charge in [0.25, 0.3) is 5.91 Å². The van der Waals surface area contributed by atoms with Gasteiger partial charge in [-0.05, 0) is 36.1 Å². The molecule has 0 radical (unpaired) electrons. The summed E-state index contributed by atoms with van der Waals surface area (Å²) in [6, 6.07) is 12.6. The molecule has 0 heterocycles. The predicted octanol–water partition coefficient (Wildman–Crippen LogP) is 3.14. The lowest BCUT2D eigenvalue weighted by Crippen LogP contribution is -2.18. The third kappa shape index (κ3) is 5.36. The average molecular weight is 357 g/mol. The molecule has 2 rings (SSSR count). The summed E-state index contributed by atoms with van der Waals surface area (Å²) in [4.78, 5) is 24.5. The van der Waals surface area contributed by atoms with Crippen LogP contribution in [0.25, 0.3) is 0 Å². The van der Waals surface area contributed by atoms with Crippen LogP contribution in [0.2, 0.25) is 0 Å². The zero-order chi connectivity index (χ0) is 18.2. The van der Waals surface area contributed by atoms with Crippen molar-refractivity contribution in [2.75, 3.05) is 18.7 Å². The summed E-state index contributed by atoms with van der Waals surface area (Å²) in [5.74, 6) is -0.247. The highest BCUT2D eigenvalue weighted by Crippen LogP contribution is 2.23. The number of hydrazone groups is 1. The van der Waals surface area contributed by atoms with E-state index in [-0.39, 0.29) is 5.91 Å². The maximum Gasteiger partial charge on any atom is 0.275 e. The van der Waals surface area contributed by atoms with Gasteiger partial charge in [0.15, 0.2) is 0 Å². The van der Waals surface area contributed by atoms with Crippen LogP contribution >= 0.6 is 11.8 Å². The lowest BCUT2D eigenvalue weighted by Gasteiger charge is -2.09. The molecule has 2 amide bonds. The molecule has 25 heavy (non-hydrogen) atoms. The Kier molecular flexibility index (Phi) is 6.59. The minimum Gasteiger partial charge on any atom is -0.496 e. The molecule has 0 aromatic heterocycles. The molecule has 0 saturated carbocycles. The standard InChI is InChI=1S/C18H19N3O3S/c1-12(22)20-14-6-9-16(17(10-14)24-2)18(23)21-19-11-13-4-7-15(25-3)8-5-13/h4-11H,1-3H3,(H,20,22)(H,21,23)/b19-11-. The van der Waals surface area contributed by atoms with Gasteiger partial charge in [-0.1, -0.05) is 12.1 Å². The van der Waals surface area contributed by atoms with Crippen LogP contribution in [-0.2, 0) is 4.79 Å².